The summed E-state index contributed by atoms with van der Waals surface area (Å²) in [5.41, 5.74) is 0. The van der Waals surface area contributed by atoms with Crippen molar-refractivity contribution in [3.05, 3.63) is 0 Å². The number of hydrogen-bond acceptors (Lipinski definition) is 15. The molecule has 624 valence electrons. The van der Waals surface area contributed by atoms with Gasteiger partial charge in [-0.05, 0) is 37.5 Å². The van der Waals surface area contributed by atoms with Gasteiger partial charge in [-0.1, -0.05) is 408 Å². The van der Waals surface area contributed by atoms with Crippen LogP contribution in [0.1, 0.15) is 459 Å². The number of carbonyl (C=O) groups excluding carboxylic acids is 4. The number of aliphatic hydroxyl groups is 1. The van der Waals surface area contributed by atoms with E-state index in [0.29, 0.717) is 25.7 Å². The highest BCUT2D eigenvalue weighted by Gasteiger charge is 2.30. The first-order valence-corrected chi connectivity index (χ1v) is 47.5. The standard InChI is InChI=1S/C86H168O17P2/c1-7-9-11-13-15-17-19-20-27-35-40-46-52-58-64-70-85(90)102-81(74-96-83(88)68-62-56-50-44-18-16-14-12-10-8-2)76-100-104(92,93)98-72-80(87)73-99-105(94,95)101-77-82(75-97-84(89)69-63-57-51-45-39-34-30-26-25-29-33-38-43-49-55-61-67-79(5)6)103-86(91)71-65-59-53-47-41-36-31-24-22-21-23-28-32-37-42-48-54-60-66-78(3)4/h78-82,87H,7-77H2,1-6H3,(H,92,93)(H,94,95)/t80-,81+,82+/m0/s1. The van der Waals surface area contributed by atoms with Gasteiger partial charge in [-0.2, -0.15) is 0 Å². The van der Waals surface area contributed by atoms with Gasteiger partial charge in [0.15, 0.2) is 12.2 Å². The van der Waals surface area contributed by atoms with Crippen LogP contribution in [0.2, 0.25) is 0 Å². The predicted molar refractivity (Wildman–Crippen MR) is 432 cm³/mol. The molecule has 5 atom stereocenters. The number of ether oxygens (including phenoxy) is 4. The van der Waals surface area contributed by atoms with Gasteiger partial charge in [0.1, 0.15) is 19.3 Å². The number of phosphoric ester groups is 2. The number of esters is 4. The first-order chi connectivity index (χ1) is 50.9. The molecule has 0 aliphatic carbocycles. The molecule has 17 nitrogen and oxygen atoms in total. The summed E-state index contributed by atoms with van der Waals surface area (Å²) >= 11 is 0. The van der Waals surface area contributed by atoms with Crippen LogP contribution in [0, 0.1) is 11.8 Å². The van der Waals surface area contributed by atoms with Gasteiger partial charge in [0, 0.05) is 25.7 Å². The second-order valence-electron chi connectivity index (χ2n) is 31.9. The first-order valence-electron chi connectivity index (χ1n) is 44.5. The van der Waals surface area contributed by atoms with Crippen molar-refractivity contribution in [3.8, 4) is 0 Å². The Balaban J connectivity index is 5.22. The summed E-state index contributed by atoms with van der Waals surface area (Å²) in [6, 6.07) is 0. The second kappa shape index (κ2) is 77.4. The van der Waals surface area contributed by atoms with E-state index in [1.54, 1.807) is 0 Å². The Bertz CT molecular complexity index is 2010. The number of hydrogen-bond donors (Lipinski definition) is 3. The zero-order valence-electron chi connectivity index (χ0n) is 69.0. The molecule has 105 heavy (non-hydrogen) atoms. The number of phosphoric acid groups is 2. The summed E-state index contributed by atoms with van der Waals surface area (Å²) in [5.74, 6) is -0.468. The number of aliphatic hydroxyl groups excluding tert-OH is 1. The van der Waals surface area contributed by atoms with E-state index in [9.17, 15) is 43.2 Å². The highest BCUT2D eigenvalue weighted by molar-refractivity contribution is 7.47. The van der Waals surface area contributed by atoms with E-state index in [0.717, 1.165) is 102 Å². The summed E-state index contributed by atoms with van der Waals surface area (Å²) in [4.78, 5) is 73.2. The van der Waals surface area contributed by atoms with Crippen molar-refractivity contribution in [2.45, 2.75) is 477 Å². The maximum absolute atomic E-state index is 13.1. The lowest BCUT2D eigenvalue weighted by molar-refractivity contribution is -0.161. The maximum Gasteiger partial charge on any atom is 0.472 e. The van der Waals surface area contributed by atoms with E-state index in [4.69, 9.17) is 37.0 Å². The average Bonchev–Trinajstić information content (AvgIpc) is 0.919. The highest BCUT2D eigenvalue weighted by atomic mass is 31.2. The molecule has 0 aromatic carbocycles. The summed E-state index contributed by atoms with van der Waals surface area (Å²) in [7, 11) is -9.93. The predicted octanol–water partition coefficient (Wildman–Crippen LogP) is 26.2. The lowest BCUT2D eigenvalue weighted by atomic mass is 10.0. The van der Waals surface area contributed by atoms with Crippen molar-refractivity contribution in [2.75, 3.05) is 39.6 Å². The van der Waals surface area contributed by atoms with Crippen molar-refractivity contribution >= 4 is 39.5 Å². The van der Waals surface area contributed by atoms with Crippen LogP contribution < -0.4 is 0 Å². The molecular formula is C86H168O17P2. The molecule has 2 unspecified atom stereocenters. The van der Waals surface area contributed by atoms with Crippen LogP contribution in [0.25, 0.3) is 0 Å². The molecule has 0 heterocycles. The van der Waals surface area contributed by atoms with Crippen LogP contribution in [-0.4, -0.2) is 96.7 Å². The highest BCUT2D eigenvalue weighted by Crippen LogP contribution is 2.45. The van der Waals surface area contributed by atoms with Crippen LogP contribution in [0.15, 0.2) is 0 Å². The van der Waals surface area contributed by atoms with E-state index in [1.165, 1.54) is 276 Å². The van der Waals surface area contributed by atoms with Crippen LogP contribution in [0.5, 0.6) is 0 Å². The third-order valence-electron chi connectivity index (χ3n) is 20.2. The Kier molecular flexibility index (Phi) is 76.0. The Morgan fingerprint density at radius 3 is 0.648 bits per heavy atom. The van der Waals surface area contributed by atoms with Gasteiger partial charge >= 0.3 is 39.5 Å². The minimum Gasteiger partial charge on any atom is -0.462 e. The molecular weight excluding hydrogens is 1370 g/mol. The van der Waals surface area contributed by atoms with Gasteiger partial charge < -0.3 is 33.8 Å². The van der Waals surface area contributed by atoms with Gasteiger partial charge in [0.2, 0.25) is 0 Å². The molecule has 0 aromatic rings. The van der Waals surface area contributed by atoms with Gasteiger partial charge in [-0.25, -0.2) is 9.13 Å². The third-order valence-corrected chi connectivity index (χ3v) is 22.1. The van der Waals surface area contributed by atoms with Crippen molar-refractivity contribution in [2.24, 2.45) is 11.8 Å². The minimum absolute atomic E-state index is 0.109. The topological polar surface area (TPSA) is 237 Å². The van der Waals surface area contributed by atoms with Gasteiger partial charge in [-0.15, -0.1) is 0 Å². The second-order valence-corrected chi connectivity index (χ2v) is 34.8. The monoisotopic (exact) mass is 1540 g/mol. The summed E-state index contributed by atoms with van der Waals surface area (Å²) < 4.78 is 68.9. The lowest BCUT2D eigenvalue weighted by Gasteiger charge is -2.21. The fourth-order valence-corrected chi connectivity index (χ4v) is 15.0. The molecule has 0 aromatic heterocycles. The van der Waals surface area contributed by atoms with Crippen LogP contribution in [-0.2, 0) is 65.4 Å². The Hall–Kier alpha value is -1.94. The van der Waals surface area contributed by atoms with E-state index in [-0.39, 0.29) is 25.7 Å². The molecule has 0 rings (SSSR count). The zero-order valence-corrected chi connectivity index (χ0v) is 70.8. The average molecular weight is 1540 g/mol. The molecule has 0 amide bonds. The summed E-state index contributed by atoms with van der Waals surface area (Å²) in [6.07, 6.45) is 69.4. The molecule has 0 aliphatic rings. The third kappa shape index (κ3) is 79.9. The Morgan fingerprint density at radius 1 is 0.257 bits per heavy atom. The summed E-state index contributed by atoms with van der Waals surface area (Å²) in [5, 5.41) is 10.7. The molecule has 3 N–H and O–H groups in total. The Morgan fingerprint density at radius 2 is 0.438 bits per heavy atom. The van der Waals surface area contributed by atoms with Crippen LogP contribution in [0.3, 0.4) is 0 Å². The fraction of sp³-hybridized carbons (Fsp3) is 0.953. The first kappa shape index (κ1) is 103. The molecule has 19 heteroatoms. The van der Waals surface area contributed by atoms with Gasteiger partial charge in [-0.3, -0.25) is 37.3 Å². The molecule has 0 aliphatic heterocycles. The lowest BCUT2D eigenvalue weighted by Crippen LogP contribution is -2.30. The SMILES string of the molecule is CCCCCCCCCCCCCCCCCC(=O)O[C@H](COC(=O)CCCCCCCCCCCC)COP(=O)(O)OC[C@H](O)COP(=O)(O)OC[C@@H](COC(=O)CCCCCCCCCCCCCCCCCCC(C)C)OC(=O)CCCCCCCCCCCCCCCCCCCCC(C)C. The van der Waals surface area contributed by atoms with Gasteiger partial charge in [0.05, 0.1) is 26.4 Å². The van der Waals surface area contributed by atoms with Crippen LogP contribution in [0.4, 0.5) is 0 Å². The van der Waals surface area contributed by atoms with Crippen molar-refractivity contribution in [1.29, 1.82) is 0 Å². The number of carbonyl (C=O) groups is 4. The largest absolute Gasteiger partial charge is 0.472 e. The molecule has 0 radical (unpaired) electrons. The minimum atomic E-state index is -4.97. The van der Waals surface area contributed by atoms with Crippen molar-refractivity contribution in [3.63, 3.8) is 0 Å². The summed E-state index contributed by atoms with van der Waals surface area (Å²) in [6.45, 7) is 9.73. The molecule has 0 bridgehead atoms. The quantitative estimate of drug-likeness (QED) is 0.0222. The smallest absolute Gasteiger partial charge is 0.462 e. The number of rotatable bonds is 85. The maximum atomic E-state index is 13.1. The van der Waals surface area contributed by atoms with Crippen LogP contribution >= 0.6 is 15.6 Å². The molecule has 0 fully saturated rings. The molecule has 0 spiro atoms. The van der Waals surface area contributed by atoms with Crippen molar-refractivity contribution < 1.29 is 80.2 Å². The van der Waals surface area contributed by atoms with E-state index >= 15 is 0 Å². The normalized spacial score (nSPS) is 13.8. The van der Waals surface area contributed by atoms with E-state index < -0.39 is 97.5 Å². The Labute approximate surface area is 645 Å². The van der Waals surface area contributed by atoms with E-state index in [2.05, 4.69) is 41.5 Å². The zero-order chi connectivity index (χ0) is 77.1. The van der Waals surface area contributed by atoms with Gasteiger partial charge in [0.25, 0.3) is 0 Å². The van der Waals surface area contributed by atoms with E-state index in [1.807, 2.05) is 0 Å². The molecule has 0 saturated carbocycles. The van der Waals surface area contributed by atoms with Crippen molar-refractivity contribution in [1.82, 2.24) is 0 Å². The molecule has 0 saturated heterocycles. The number of unbranched alkanes of at least 4 members (excludes halogenated alkanes) is 55. The fourth-order valence-electron chi connectivity index (χ4n) is 13.4.